The highest BCUT2D eigenvalue weighted by Gasteiger charge is 2.46. The van der Waals surface area contributed by atoms with E-state index >= 15 is 0 Å². The van der Waals surface area contributed by atoms with E-state index in [0.29, 0.717) is 30.4 Å². The zero-order valence-corrected chi connectivity index (χ0v) is 54.7. The largest absolute Gasteiger partial charge is 0.508 e. The second kappa shape index (κ2) is 37.9. The first-order valence-corrected chi connectivity index (χ1v) is 32.4. The number of primary amides is 1. The van der Waals surface area contributed by atoms with Gasteiger partial charge in [0.15, 0.2) is 0 Å². The molecule has 95 heavy (non-hydrogen) atoms. The van der Waals surface area contributed by atoms with Gasteiger partial charge in [-0.25, -0.2) is 0 Å². The molecule has 13 atom stereocenters. The van der Waals surface area contributed by atoms with Crippen molar-refractivity contribution in [2.75, 3.05) is 37.7 Å². The van der Waals surface area contributed by atoms with E-state index < -0.39 is 175 Å². The summed E-state index contributed by atoms with van der Waals surface area (Å²) in [5.74, 6) is -13.1. The molecule has 5 rings (SSSR count). The number of nitrogens with one attached hydrogen (secondary N) is 9. The first kappa shape index (κ1) is 76.9. The summed E-state index contributed by atoms with van der Waals surface area (Å²) in [5, 5.41) is 62.6. The molecule has 0 aromatic heterocycles. The molecule has 2 heterocycles. The van der Waals surface area contributed by atoms with Crippen molar-refractivity contribution in [1.29, 1.82) is 0 Å². The minimum absolute atomic E-state index is 0.0460. The van der Waals surface area contributed by atoms with E-state index in [2.05, 4.69) is 73.1 Å². The van der Waals surface area contributed by atoms with Crippen LogP contribution in [0.3, 0.4) is 0 Å². The standard InChI is InChI=1S/C63H87N13O17S2/c1-4-34(2)51(73-57(87)44(31-77)70-56(86)43(28-37-15-9-6-10-16-37)69-61(91)52(35(3)78)74-59(89)46(33-95)71-53(83)40(64)27-36-13-7-5-8-14-36)63(93)76-26-12-18-48(76)62(92)75-25-11-17-47(75)60(90)67-41(23-24-49(65)80)55(85)72-45(32-94)58(88)68-42(54(84)66-30-50(81)82)29-38-19-21-39(79)22-20-38/h5-10,13-16,19-22,34-35,40-48,51-52,77-79,94-95H,4,11-12,17-18,23-33,64H2,1-3H3,(H2,65,80)(H,66,84)(H,67,90)(H,68,88)(H,69,91)(H,70,86)(H,71,83)(H,72,85)(H,73,87)(H,74,89)(H,81,82)/t34-,35+,40-,41-,42-,43-,44-,45-,46-,47-,48-,51-,52-/m0/s1. The lowest BCUT2D eigenvalue weighted by Gasteiger charge is -2.35. The minimum atomic E-state index is -1.74. The molecule has 0 unspecified atom stereocenters. The summed E-state index contributed by atoms with van der Waals surface area (Å²) in [4.78, 5) is 179. The number of carboxylic acids is 1. The molecule has 0 bridgehead atoms. The molecule has 2 fully saturated rings. The van der Waals surface area contributed by atoms with Gasteiger partial charge in [-0.2, -0.15) is 25.3 Å². The first-order valence-electron chi connectivity index (χ1n) is 31.1. The lowest BCUT2D eigenvalue weighted by Crippen LogP contribution is -2.63. The molecule has 2 saturated heterocycles. The first-order chi connectivity index (χ1) is 45.2. The van der Waals surface area contributed by atoms with E-state index in [9.17, 15) is 77.6 Å². The molecular formula is C63H87N13O17S2. The van der Waals surface area contributed by atoms with Crippen molar-refractivity contribution in [3.63, 3.8) is 0 Å². The summed E-state index contributed by atoms with van der Waals surface area (Å²) in [5.41, 5.74) is 13.3. The van der Waals surface area contributed by atoms with Gasteiger partial charge >= 0.3 is 5.97 Å². The SMILES string of the molecule is CC[C@H](C)[C@H](NC(=O)[C@H](CO)NC(=O)[C@H](Cc1ccccc1)NC(=O)[C@@H](NC(=O)[C@H](CS)NC(=O)[C@@H](N)Cc1ccccc1)[C@@H](C)O)C(=O)N1CCC[C@H]1C(=O)N1CCC[C@H]1C(=O)N[C@@H](CCC(N)=O)C(=O)N[C@@H](CS)C(=O)N[C@@H](Cc1ccc(O)cc1)C(=O)NCC(=O)O. The van der Waals surface area contributed by atoms with Crippen LogP contribution in [0.4, 0.5) is 0 Å². The molecular weight excluding hydrogens is 1270 g/mol. The van der Waals surface area contributed by atoms with Crippen LogP contribution in [0.5, 0.6) is 5.75 Å². The highest BCUT2D eigenvalue weighted by Crippen LogP contribution is 2.27. The van der Waals surface area contributed by atoms with E-state index in [1.807, 2.05) is 0 Å². The van der Waals surface area contributed by atoms with Gasteiger partial charge in [-0.05, 0) is 80.2 Å². The van der Waals surface area contributed by atoms with Crippen LogP contribution in [0.25, 0.3) is 0 Å². The third-order valence-corrected chi connectivity index (χ3v) is 17.0. The summed E-state index contributed by atoms with van der Waals surface area (Å²) in [6.45, 7) is 2.91. The highest BCUT2D eigenvalue weighted by atomic mass is 32.1. The minimum Gasteiger partial charge on any atom is -0.508 e. The maximum atomic E-state index is 14.8. The summed E-state index contributed by atoms with van der Waals surface area (Å²) in [6.07, 6.45) is -1.40. The third kappa shape index (κ3) is 23.2. The van der Waals surface area contributed by atoms with Gasteiger partial charge in [-0.15, -0.1) is 0 Å². The molecule has 0 saturated carbocycles. The fraction of sp³-hybridized carbons (Fsp3) is 0.508. The number of hydrogen-bond donors (Lipinski definition) is 17. The molecule has 32 heteroatoms. The molecule has 518 valence electrons. The molecule has 0 spiro atoms. The predicted octanol–water partition coefficient (Wildman–Crippen LogP) is -3.65. The fourth-order valence-electron chi connectivity index (χ4n) is 10.7. The van der Waals surface area contributed by atoms with Gasteiger partial charge in [0.05, 0.1) is 18.8 Å². The second-order valence-corrected chi connectivity index (χ2v) is 24.1. The number of thiol groups is 2. The van der Waals surface area contributed by atoms with E-state index in [1.165, 1.54) is 41.0 Å². The third-order valence-electron chi connectivity index (χ3n) is 16.2. The van der Waals surface area contributed by atoms with Crippen LogP contribution < -0.4 is 59.3 Å². The lowest BCUT2D eigenvalue weighted by molar-refractivity contribution is -0.149. The molecule has 2 aliphatic rings. The van der Waals surface area contributed by atoms with Gasteiger partial charge in [0.1, 0.15) is 72.7 Å². The van der Waals surface area contributed by atoms with Gasteiger partial charge in [0.2, 0.25) is 70.9 Å². The average Bonchev–Trinajstić information content (AvgIpc) is 1.71. The Balaban J connectivity index is 1.26. The smallest absolute Gasteiger partial charge is 0.322 e. The van der Waals surface area contributed by atoms with Gasteiger partial charge in [-0.1, -0.05) is 93.1 Å². The van der Waals surface area contributed by atoms with Gasteiger partial charge in [0.25, 0.3) is 0 Å². The Bertz CT molecular complexity index is 3170. The predicted molar refractivity (Wildman–Crippen MR) is 350 cm³/mol. The number of rotatable bonds is 36. The van der Waals surface area contributed by atoms with Crippen molar-refractivity contribution < 1.29 is 82.8 Å². The van der Waals surface area contributed by atoms with Crippen LogP contribution in [-0.2, 0) is 81.6 Å². The topological polar surface area (TPSA) is 470 Å². The zero-order valence-electron chi connectivity index (χ0n) is 52.9. The van der Waals surface area contributed by atoms with Crippen molar-refractivity contribution in [2.24, 2.45) is 17.4 Å². The van der Waals surface area contributed by atoms with Crippen LogP contribution in [0.2, 0.25) is 0 Å². The lowest BCUT2D eigenvalue weighted by atomic mass is 9.96. The van der Waals surface area contributed by atoms with Crippen LogP contribution in [-0.4, -0.2) is 217 Å². The van der Waals surface area contributed by atoms with Crippen molar-refractivity contribution in [3.8, 4) is 5.75 Å². The number of phenols is 1. The number of carbonyl (C=O) groups excluding carboxylic acids is 12. The molecule has 2 aliphatic heterocycles. The van der Waals surface area contributed by atoms with Gasteiger partial charge in [-0.3, -0.25) is 62.3 Å². The number of hydrogen-bond acceptors (Lipinski definition) is 19. The summed E-state index contributed by atoms with van der Waals surface area (Å²) in [6, 6.07) is 7.40. The normalized spacial score (nSPS) is 17.8. The number of aliphatic hydroxyl groups excluding tert-OH is 2. The Kier molecular flexibility index (Phi) is 30.7. The number of phenolic OH excluding ortho intramolecular Hbond substituents is 1. The number of aromatic hydroxyl groups is 1. The van der Waals surface area contributed by atoms with Crippen LogP contribution in [0, 0.1) is 5.92 Å². The molecule has 12 amide bonds. The number of benzene rings is 3. The van der Waals surface area contributed by atoms with Crippen molar-refractivity contribution in [1.82, 2.24) is 57.7 Å². The monoisotopic (exact) mass is 1360 g/mol. The Morgan fingerprint density at radius 1 is 0.558 bits per heavy atom. The fourth-order valence-corrected chi connectivity index (χ4v) is 11.2. The maximum absolute atomic E-state index is 14.8. The number of aliphatic hydroxyl groups is 2. The second-order valence-electron chi connectivity index (χ2n) is 23.4. The Labute approximate surface area is 560 Å². The number of nitrogens with zero attached hydrogens (tertiary/aromatic N) is 2. The number of nitrogens with two attached hydrogens (primary N) is 2. The highest BCUT2D eigenvalue weighted by molar-refractivity contribution is 7.80. The maximum Gasteiger partial charge on any atom is 0.322 e. The quantitative estimate of drug-likeness (QED) is 0.0250. The zero-order chi connectivity index (χ0) is 70.1. The Morgan fingerprint density at radius 3 is 1.57 bits per heavy atom. The van der Waals surface area contributed by atoms with Gasteiger partial charge < -0.3 is 89.5 Å². The van der Waals surface area contributed by atoms with Crippen LogP contribution >= 0.6 is 25.3 Å². The number of carbonyl (C=O) groups is 13. The van der Waals surface area contributed by atoms with Crippen LogP contribution in [0.1, 0.15) is 82.4 Å². The van der Waals surface area contributed by atoms with E-state index in [4.69, 9.17) is 16.6 Å². The summed E-state index contributed by atoms with van der Waals surface area (Å²) >= 11 is 8.42. The Hall–Kier alpha value is -8.85. The van der Waals surface area contributed by atoms with E-state index in [1.54, 1.807) is 74.5 Å². The van der Waals surface area contributed by atoms with Gasteiger partial charge in [0, 0.05) is 43.9 Å². The summed E-state index contributed by atoms with van der Waals surface area (Å²) < 4.78 is 0. The van der Waals surface area contributed by atoms with E-state index in [-0.39, 0.29) is 68.9 Å². The number of amides is 12. The molecule has 0 radical (unpaired) electrons. The molecule has 3 aromatic carbocycles. The Morgan fingerprint density at radius 2 is 1.02 bits per heavy atom. The van der Waals surface area contributed by atoms with Crippen molar-refractivity contribution in [3.05, 3.63) is 102 Å². The van der Waals surface area contributed by atoms with E-state index in [0.717, 1.165) is 5.56 Å². The number of likely N-dealkylation sites (tertiary alicyclic amines) is 2. The molecule has 30 nitrogen and oxygen atoms in total. The molecule has 3 aromatic rings. The summed E-state index contributed by atoms with van der Waals surface area (Å²) in [7, 11) is 0. The number of carboxylic acid groups (broad SMARTS) is 1. The van der Waals surface area contributed by atoms with Crippen molar-refractivity contribution in [2.45, 2.75) is 158 Å². The van der Waals surface area contributed by atoms with Crippen LogP contribution in [0.15, 0.2) is 84.9 Å². The van der Waals surface area contributed by atoms with Crippen molar-refractivity contribution >= 4 is 102 Å². The molecule has 17 N–H and O–H groups in total. The molecule has 0 aliphatic carbocycles. The number of aliphatic carboxylic acids is 1. The average molecular weight is 1360 g/mol.